The maximum atomic E-state index is 12.2. The fraction of sp³-hybridized carbons (Fsp3) is 0.579. The standard InChI is InChI=1S/C19H28N2O4/c1-13(2)12-24-19(23)16-5-7-17(8-6-16)20-18(22)11-21-9-14(3)25-15(4)10-21/h5-8,13-15H,9-12H2,1-4H3,(H,20,22)/t14-,15-/m1/s1. The summed E-state index contributed by atoms with van der Waals surface area (Å²) in [5, 5.41) is 2.86. The Hall–Kier alpha value is -1.92. The van der Waals surface area contributed by atoms with Crippen LogP contribution >= 0.6 is 0 Å². The Balaban J connectivity index is 1.84. The van der Waals surface area contributed by atoms with E-state index in [9.17, 15) is 9.59 Å². The van der Waals surface area contributed by atoms with E-state index in [0.29, 0.717) is 30.3 Å². The minimum Gasteiger partial charge on any atom is -0.462 e. The lowest BCUT2D eigenvalue weighted by molar-refractivity contribution is -0.121. The van der Waals surface area contributed by atoms with Crippen LogP contribution in [0.25, 0.3) is 0 Å². The molecule has 1 saturated heterocycles. The molecular weight excluding hydrogens is 320 g/mol. The molecule has 6 heteroatoms. The average molecular weight is 348 g/mol. The number of ether oxygens (including phenoxy) is 2. The smallest absolute Gasteiger partial charge is 0.338 e. The van der Waals surface area contributed by atoms with Gasteiger partial charge in [-0.3, -0.25) is 9.69 Å². The van der Waals surface area contributed by atoms with Gasteiger partial charge in [-0.1, -0.05) is 13.8 Å². The van der Waals surface area contributed by atoms with Gasteiger partial charge in [-0.2, -0.15) is 0 Å². The van der Waals surface area contributed by atoms with Crippen molar-refractivity contribution in [2.24, 2.45) is 5.92 Å². The van der Waals surface area contributed by atoms with Crippen LogP contribution in [0, 0.1) is 5.92 Å². The molecule has 1 heterocycles. The lowest BCUT2D eigenvalue weighted by atomic mass is 10.2. The van der Waals surface area contributed by atoms with Gasteiger partial charge in [0.05, 0.1) is 30.9 Å². The van der Waals surface area contributed by atoms with Gasteiger partial charge < -0.3 is 14.8 Å². The number of carbonyl (C=O) groups is 2. The highest BCUT2D eigenvalue weighted by molar-refractivity contribution is 5.94. The van der Waals surface area contributed by atoms with Crippen molar-refractivity contribution in [2.75, 3.05) is 31.6 Å². The third kappa shape index (κ3) is 6.48. The van der Waals surface area contributed by atoms with E-state index in [2.05, 4.69) is 10.2 Å². The molecule has 1 aromatic carbocycles. The Kier molecular flexibility index (Phi) is 6.96. The monoisotopic (exact) mass is 348 g/mol. The van der Waals surface area contributed by atoms with Gasteiger partial charge in [0.15, 0.2) is 0 Å². The number of anilines is 1. The zero-order valence-electron chi connectivity index (χ0n) is 15.5. The SMILES string of the molecule is CC(C)COC(=O)c1ccc(NC(=O)CN2C[C@@H](C)O[C@H](C)C2)cc1. The van der Waals surface area contributed by atoms with Crippen molar-refractivity contribution >= 4 is 17.6 Å². The lowest BCUT2D eigenvalue weighted by Gasteiger charge is -2.34. The molecule has 1 aliphatic heterocycles. The maximum Gasteiger partial charge on any atom is 0.338 e. The summed E-state index contributed by atoms with van der Waals surface area (Å²) in [5.41, 5.74) is 1.15. The minimum atomic E-state index is -0.345. The van der Waals surface area contributed by atoms with Crippen LogP contribution in [0.1, 0.15) is 38.1 Å². The van der Waals surface area contributed by atoms with Crippen molar-refractivity contribution in [1.82, 2.24) is 4.90 Å². The first-order valence-electron chi connectivity index (χ1n) is 8.78. The second-order valence-corrected chi connectivity index (χ2v) is 7.07. The summed E-state index contributed by atoms with van der Waals surface area (Å²) in [6.45, 7) is 10.2. The van der Waals surface area contributed by atoms with E-state index in [4.69, 9.17) is 9.47 Å². The molecule has 0 aliphatic carbocycles. The number of benzene rings is 1. The summed E-state index contributed by atoms with van der Waals surface area (Å²) < 4.78 is 10.9. The van der Waals surface area contributed by atoms with E-state index in [0.717, 1.165) is 13.1 Å². The van der Waals surface area contributed by atoms with Crippen molar-refractivity contribution < 1.29 is 19.1 Å². The normalized spacial score (nSPS) is 21.2. The van der Waals surface area contributed by atoms with Gasteiger partial charge in [-0.15, -0.1) is 0 Å². The molecule has 0 bridgehead atoms. The van der Waals surface area contributed by atoms with E-state index in [-0.39, 0.29) is 24.1 Å². The predicted octanol–water partition coefficient (Wildman–Crippen LogP) is 2.55. The first-order valence-corrected chi connectivity index (χ1v) is 8.78. The highest BCUT2D eigenvalue weighted by Crippen LogP contribution is 2.13. The zero-order chi connectivity index (χ0) is 18.4. The molecule has 6 nitrogen and oxygen atoms in total. The molecule has 0 radical (unpaired) electrons. The number of rotatable bonds is 6. The molecule has 0 spiro atoms. The summed E-state index contributed by atoms with van der Waals surface area (Å²) in [4.78, 5) is 26.2. The maximum absolute atomic E-state index is 12.2. The summed E-state index contributed by atoms with van der Waals surface area (Å²) in [7, 11) is 0. The highest BCUT2D eigenvalue weighted by Gasteiger charge is 2.23. The van der Waals surface area contributed by atoms with Crippen LogP contribution in [-0.2, 0) is 14.3 Å². The van der Waals surface area contributed by atoms with E-state index in [1.165, 1.54) is 0 Å². The summed E-state index contributed by atoms with van der Waals surface area (Å²) in [6.07, 6.45) is 0.264. The van der Waals surface area contributed by atoms with E-state index >= 15 is 0 Å². The molecular formula is C19H28N2O4. The minimum absolute atomic E-state index is 0.0727. The molecule has 1 aromatic rings. The van der Waals surface area contributed by atoms with Gasteiger partial charge in [-0.05, 0) is 44.0 Å². The molecule has 1 amide bonds. The first kappa shape index (κ1) is 19.4. The summed E-state index contributed by atoms with van der Waals surface area (Å²) in [6, 6.07) is 6.76. The Labute approximate surface area is 149 Å². The van der Waals surface area contributed by atoms with Gasteiger partial charge in [-0.25, -0.2) is 4.79 Å². The molecule has 0 saturated carbocycles. The molecule has 0 unspecified atom stereocenters. The number of nitrogens with zero attached hydrogens (tertiary/aromatic N) is 1. The van der Waals surface area contributed by atoms with Gasteiger partial charge in [0.1, 0.15) is 0 Å². The number of esters is 1. The summed E-state index contributed by atoms with van der Waals surface area (Å²) in [5.74, 6) is -0.118. The van der Waals surface area contributed by atoms with E-state index < -0.39 is 0 Å². The van der Waals surface area contributed by atoms with Gasteiger partial charge in [0.2, 0.25) is 5.91 Å². The molecule has 0 aromatic heterocycles. The molecule has 138 valence electrons. The van der Waals surface area contributed by atoms with Crippen molar-refractivity contribution in [3.8, 4) is 0 Å². The fourth-order valence-corrected chi connectivity index (χ4v) is 2.83. The third-order valence-corrected chi connectivity index (χ3v) is 3.81. The molecule has 2 atom stereocenters. The Morgan fingerprint density at radius 2 is 1.80 bits per heavy atom. The van der Waals surface area contributed by atoms with Crippen LogP contribution < -0.4 is 5.32 Å². The van der Waals surface area contributed by atoms with Gasteiger partial charge in [0, 0.05) is 18.8 Å². The molecule has 1 aliphatic rings. The Morgan fingerprint density at radius 1 is 1.20 bits per heavy atom. The van der Waals surface area contributed by atoms with Crippen LogP contribution in [0.15, 0.2) is 24.3 Å². The largest absolute Gasteiger partial charge is 0.462 e. The van der Waals surface area contributed by atoms with Gasteiger partial charge in [0.25, 0.3) is 0 Å². The number of morpholine rings is 1. The van der Waals surface area contributed by atoms with E-state index in [1.54, 1.807) is 24.3 Å². The van der Waals surface area contributed by atoms with Crippen molar-refractivity contribution in [3.05, 3.63) is 29.8 Å². The molecule has 2 rings (SSSR count). The Morgan fingerprint density at radius 3 is 2.36 bits per heavy atom. The number of nitrogens with one attached hydrogen (secondary N) is 1. The first-order chi connectivity index (χ1) is 11.8. The van der Waals surface area contributed by atoms with Gasteiger partial charge >= 0.3 is 5.97 Å². The second kappa shape index (κ2) is 8.97. The quantitative estimate of drug-likeness (QED) is 0.800. The van der Waals surface area contributed by atoms with Crippen LogP contribution in [0.2, 0.25) is 0 Å². The number of hydrogen-bond donors (Lipinski definition) is 1. The number of amides is 1. The fourth-order valence-electron chi connectivity index (χ4n) is 2.83. The van der Waals surface area contributed by atoms with Crippen molar-refractivity contribution in [1.29, 1.82) is 0 Å². The molecule has 25 heavy (non-hydrogen) atoms. The predicted molar refractivity (Wildman–Crippen MR) is 96.6 cm³/mol. The molecule has 1 fully saturated rings. The second-order valence-electron chi connectivity index (χ2n) is 7.07. The van der Waals surface area contributed by atoms with E-state index in [1.807, 2.05) is 27.7 Å². The summed E-state index contributed by atoms with van der Waals surface area (Å²) >= 11 is 0. The van der Waals surface area contributed by atoms with Crippen LogP contribution in [0.4, 0.5) is 5.69 Å². The van der Waals surface area contributed by atoms with Crippen LogP contribution in [0.5, 0.6) is 0 Å². The van der Waals surface area contributed by atoms with Crippen molar-refractivity contribution in [3.63, 3.8) is 0 Å². The number of hydrogen-bond acceptors (Lipinski definition) is 5. The topological polar surface area (TPSA) is 67.9 Å². The third-order valence-electron chi connectivity index (χ3n) is 3.81. The molecule has 1 N–H and O–H groups in total. The van der Waals surface area contributed by atoms with Crippen LogP contribution in [-0.4, -0.2) is 55.2 Å². The lowest BCUT2D eigenvalue weighted by Crippen LogP contribution is -2.48. The zero-order valence-corrected chi connectivity index (χ0v) is 15.5. The Bertz CT molecular complexity index is 576. The van der Waals surface area contributed by atoms with Crippen LogP contribution in [0.3, 0.4) is 0 Å². The number of carbonyl (C=O) groups excluding carboxylic acids is 2. The average Bonchev–Trinajstić information content (AvgIpc) is 2.52. The van der Waals surface area contributed by atoms with Crippen molar-refractivity contribution in [2.45, 2.75) is 39.9 Å². The highest BCUT2D eigenvalue weighted by atomic mass is 16.5.